The van der Waals surface area contributed by atoms with Crippen LogP contribution in [0, 0.1) is 13.8 Å². The van der Waals surface area contributed by atoms with Gasteiger partial charge in [-0.3, -0.25) is 19.6 Å². The predicted molar refractivity (Wildman–Crippen MR) is 86.3 cm³/mol. The highest BCUT2D eigenvalue weighted by Gasteiger charge is 1.99. The zero-order valence-electron chi connectivity index (χ0n) is 13.3. The van der Waals surface area contributed by atoms with Gasteiger partial charge in [0.1, 0.15) is 5.69 Å². The maximum atomic E-state index is 10.5. The third kappa shape index (κ3) is 7.14. The van der Waals surface area contributed by atoms with Crippen molar-refractivity contribution >= 4 is 11.8 Å². The monoisotopic (exact) mass is 302 g/mol. The lowest BCUT2D eigenvalue weighted by Gasteiger charge is -1.93. The fourth-order valence-electron chi connectivity index (χ4n) is 1.37. The molecule has 0 unspecified atom stereocenters. The van der Waals surface area contributed by atoms with Crippen molar-refractivity contribution in [1.29, 1.82) is 0 Å². The van der Waals surface area contributed by atoms with E-state index >= 15 is 0 Å². The highest BCUT2D eigenvalue weighted by Crippen LogP contribution is 1.98. The molecule has 2 amide bonds. The van der Waals surface area contributed by atoms with Crippen LogP contribution in [0.5, 0.6) is 0 Å². The van der Waals surface area contributed by atoms with Gasteiger partial charge in [0.05, 0.1) is 0 Å². The quantitative estimate of drug-likeness (QED) is 0.883. The summed E-state index contributed by atoms with van der Waals surface area (Å²) in [6.45, 7) is 7.70. The summed E-state index contributed by atoms with van der Waals surface area (Å²) >= 11 is 0. The number of nitrogens with two attached hydrogens (primary N) is 2. The average molecular weight is 302 g/mol. The smallest absolute Gasteiger partial charge is 0.267 e. The van der Waals surface area contributed by atoms with E-state index in [1.54, 1.807) is 30.6 Å². The number of primary amides is 2. The van der Waals surface area contributed by atoms with E-state index in [0.717, 1.165) is 11.3 Å². The van der Waals surface area contributed by atoms with Crippen LogP contribution in [-0.2, 0) is 0 Å². The first kappa shape index (κ1) is 19.2. The Kier molecular flexibility index (Phi) is 8.78. The largest absolute Gasteiger partial charge is 0.366 e. The zero-order chi connectivity index (χ0) is 17.1. The summed E-state index contributed by atoms with van der Waals surface area (Å²) in [4.78, 5) is 28.7. The highest BCUT2D eigenvalue weighted by atomic mass is 16.1. The molecule has 4 N–H and O–H groups in total. The lowest BCUT2D eigenvalue weighted by atomic mass is 10.2. The fourth-order valence-corrected chi connectivity index (χ4v) is 1.37. The SMILES string of the molecule is CC.Cc1cc(C(N)=O)ccn1.Cc1ccnc(C(N)=O)c1. The van der Waals surface area contributed by atoms with E-state index in [4.69, 9.17) is 11.5 Å². The molecule has 6 heteroatoms. The first-order valence-corrected chi connectivity index (χ1v) is 6.85. The van der Waals surface area contributed by atoms with Crippen molar-refractivity contribution in [2.24, 2.45) is 11.5 Å². The minimum absolute atomic E-state index is 0.319. The molecule has 0 radical (unpaired) electrons. The number of carbonyl (C=O) groups excluding carboxylic acids is 2. The Labute approximate surface area is 130 Å². The normalized spacial score (nSPS) is 8.73. The summed E-state index contributed by atoms with van der Waals surface area (Å²) in [6, 6.07) is 6.71. The molecule has 0 spiro atoms. The molecule has 0 saturated carbocycles. The summed E-state index contributed by atoms with van der Waals surface area (Å²) in [5.41, 5.74) is 12.6. The van der Waals surface area contributed by atoms with Crippen LogP contribution in [0.25, 0.3) is 0 Å². The van der Waals surface area contributed by atoms with Gasteiger partial charge >= 0.3 is 0 Å². The molecule has 2 heterocycles. The summed E-state index contributed by atoms with van der Waals surface area (Å²) in [7, 11) is 0. The van der Waals surface area contributed by atoms with Crippen molar-refractivity contribution < 1.29 is 9.59 Å². The molecule has 0 aliphatic carbocycles. The number of hydrogen-bond donors (Lipinski definition) is 2. The lowest BCUT2D eigenvalue weighted by molar-refractivity contribution is 0.0989. The van der Waals surface area contributed by atoms with Crippen molar-refractivity contribution in [3.8, 4) is 0 Å². The number of rotatable bonds is 2. The lowest BCUT2D eigenvalue weighted by Crippen LogP contribution is -2.12. The van der Waals surface area contributed by atoms with Crippen molar-refractivity contribution in [3.05, 3.63) is 59.2 Å². The second kappa shape index (κ2) is 10.0. The van der Waals surface area contributed by atoms with Crippen molar-refractivity contribution in [2.75, 3.05) is 0 Å². The molecule has 118 valence electrons. The van der Waals surface area contributed by atoms with Crippen molar-refractivity contribution in [1.82, 2.24) is 9.97 Å². The molecule has 0 aliphatic rings. The Bertz CT molecular complexity index is 572. The summed E-state index contributed by atoms with van der Waals surface area (Å²) in [5, 5.41) is 0. The average Bonchev–Trinajstić information content (AvgIpc) is 2.50. The van der Waals surface area contributed by atoms with Gasteiger partial charge in [-0.15, -0.1) is 0 Å². The third-order valence-electron chi connectivity index (χ3n) is 2.35. The Morgan fingerprint density at radius 1 is 0.909 bits per heavy atom. The molecule has 2 rings (SSSR count). The summed E-state index contributed by atoms with van der Waals surface area (Å²) in [5.74, 6) is -0.894. The van der Waals surface area contributed by atoms with E-state index in [2.05, 4.69) is 9.97 Å². The van der Waals surface area contributed by atoms with Gasteiger partial charge in [-0.05, 0) is 43.7 Å². The van der Waals surface area contributed by atoms with E-state index in [0.29, 0.717) is 11.3 Å². The Hall–Kier alpha value is -2.76. The zero-order valence-corrected chi connectivity index (χ0v) is 13.3. The van der Waals surface area contributed by atoms with Crippen LogP contribution < -0.4 is 11.5 Å². The number of aromatic nitrogens is 2. The fraction of sp³-hybridized carbons (Fsp3) is 0.250. The van der Waals surface area contributed by atoms with E-state index in [9.17, 15) is 9.59 Å². The number of nitrogens with zero attached hydrogens (tertiary/aromatic N) is 2. The van der Waals surface area contributed by atoms with Gasteiger partial charge in [-0.1, -0.05) is 13.8 Å². The Balaban J connectivity index is 0.000000360. The van der Waals surface area contributed by atoms with Crippen molar-refractivity contribution in [2.45, 2.75) is 27.7 Å². The van der Waals surface area contributed by atoms with Gasteiger partial charge in [0.2, 0.25) is 5.91 Å². The predicted octanol–water partition coefficient (Wildman–Crippen LogP) is 2.00. The van der Waals surface area contributed by atoms with E-state index in [-0.39, 0.29) is 0 Å². The van der Waals surface area contributed by atoms with E-state index < -0.39 is 11.8 Å². The summed E-state index contributed by atoms with van der Waals surface area (Å²) < 4.78 is 0. The summed E-state index contributed by atoms with van der Waals surface area (Å²) in [6.07, 6.45) is 3.13. The molecule has 2 aromatic rings. The Morgan fingerprint density at radius 3 is 1.86 bits per heavy atom. The maximum absolute atomic E-state index is 10.5. The first-order chi connectivity index (χ1) is 10.4. The first-order valence-electron chi connectivity index (χ1n) is 6.85. The Morgan fingerprint density at radius 2 is 1.50 bits per heavy atom. The molecule has 0 aliphatic heterocycles. The van der Waals surface area contributed by atoms with Gasteiger partial charge in [-0.25, -0.2) is 0 Å². The number of hydrogen-bond acceptors (Lipinski definition) is 4. The van der Waals surface area contributed by atoms with Gasteiger partial charge < -0.3 is 11.5 Å². The third-order valence-corrected chi connectivity index (χ3v) is 2.35. The highest BCUT2D eigenvalue weighted by molar-refractivity contribution is 5.92. The van der Waals surface area contributed by atoms with Gasteiger partial charge in [-0.2, -0.15) is 0 Å². The molecule has 22 heavy (non-hydrogen) atoms. The molecule has 2 aromatic heterocycles. The second-order valence-corrected chi connectivity index (χ2v) is 4.13. The molecular formula is C16H22N4O2. The van der Waals surface area contributed by atoms with E-state index in [1.807, 2.05) is 33.8 Å². The van der Waals surface area contributed by atoms with Gasteiger partial charge in [0.25, 0.3) is 5.91 Å². The molecule has 0 bridgehead atoms. The standard InChI is InChI=1S/2C7H8N2O.C2H6/c1-5-4-6(7(8)10)2-3-9-5;1-5-2-3-9-6(4-5)7(8)10;1-2/h2*2-4H,1H3,(H2,8,10);1-2H3. The van der Waals surface area contributed by atoms with E-state index in [1.165, 1.54) is 0 Å². The number of carbonyl (C=O) groups is 2. The molecule has 0 fully saturated rings. The van der Waals surface area contributed by atoms with Gasteiger partial charge in [0.15, 0.2) is 0 Å². The molecule has 0 saturated heterocycles. The molecular weight excluding hydrogens is 280 g/mol. The number of amides is 2. The van der Waals surface area contributed by atoms with Crippen LogP contribution >= 0.6 is 0 Å². The van der Waals surface area contributed by atoms with Crippen LogP contribution in [0.2, 0.25) is 0 Å². The molecule has 0 atom stereocenters. The van der Waals surface area contributed by atoms with Crippen LogP contribution in [0.15, 0.2) is 36.7 Å². The molecule has 6 nitrogen and oxygen atoms in total. The minimum Gasteiger partial charge on any atom is -0.366 e. The second-order valence-electron chi connectivity index (χ2n) is 4.13. The number of pyridine rings is 2. The molecule has 0 aromatic carbocycles. The van der Waals surface area contributed by atoms with Crippen LogP contribution in [0.3, 0.4) is 0 Å². The van der Waals surface area contributed by atoms with Crippen LogP contribution in [0.4, 0.5) is 0 Å². The van der Waals surface area contributed by atoms with Crippen LogP contribution in [0.1, 0.15) is 46.0 Å². The topological polar surface area (TPSA) is 112 Å². The van der Waals surface area contributed by atoms with Crippen molar-refractivity contribution in [3.63, 3.8) is 0 Å². The maximum Gasteiger partial charge on any atom is 0.267 e. The minimum atomic E-state index is -0.483. The number of aryl methyl sites for hydroxylation is 2. The van der Waals surface area contributed by atoms with Gasteiger partial charge in [0, 0.05) is 23.7 Å². The van der Waals surface area contributed by atoms with Crippen LogP contribution in [-0.4, -0.2) is 21.8 Å².